The molecule has 1 aromatic heterocycles. The number of carboxylic acids is 1. The summed E-state index contributed by atoms with van der Waals surface area (Å²) in [7, 11) is 0. The van der Waals surface area contributed by atoms with Gasteiger partial charge in [-0.05, 0) is 252 Å². The number of carbonyl (C=O) groups is 2. The minimum atomic E-state index is -0.875. The number of hydrogen-bond donors (Lipinski definition) is 2. The van der Waals surface area contributed by atoms with Crippen LogP contribution in [-0.2, 0) is 10.8 Å². The highest BCUT2D eigenvalue weighted by atomic mass is 16.4. The van der Waals surface area contributed by atoms with Crippen LogP contribution in [0, 0.1) is 49.4 Å². The van der Waals surface area contributed by atoms with Crippen molar-refractivity contribution in [1.29, 1.82) is 0 Å². The standard InChI is InChI=1S/C33H32N2O.C28H28O2/c1-21-2-3-28(17-31(21)33-18-22-12-23(19-33)14-24(13-22)20-33)26-4-5-27-16-29(7-6-25(27)15-26)32(36)35-30-8-10-34-11-9-30;1-17-2-3-24(22-4-5-23-12-25(27(29)30)7-6-21(23)11-22)13-26(17)28-14-18-8-19(15-28)10-20(9-18)16-28/h2-11,15-17,22-24H,12-14,18-20H2,1H3,(H,34,35,36);2-7,11-13,18-20H,8-10,14-16H2,1H3,(H,29,30). The van der Waals surface area contributed by atoms with Crippen LogP contribution in [0.3, 0.4) is 0 Å². The molecule has 5 heteroatoms. The van der Waals surface area contributed by atoms with Gasteiger partial charge in [0.15, 0.2) is 0 Å². The van der Waals surface area contributed by atoms with E-state index in [4.69, 9.17) is 0 Å². The Morgan fingerprint density at radius 2 is 0.833 bits per heavy atom. The van der Waals surface area contributed by atoms with Crippen molar-refractivity contribution in [2.75, 3.05) is 5.32 Å². The lowest BCUT2D eigenvalue weighted by Gasteiger charge is -2.57. The highest BCUT2D eigenvalue weighted by Gasteiger charge is 2.53. The van der Waals surface area contributed by atoms with Gasteiger partial charge in [0.1, 0.15) is 0 Å². The Balaban J connectivity index is 0.000000141. The number of anilines is 1. The third-order valence-electron chi connectivity index (χ3n) is 17.5. The molecule has 66 heavy (non-hydrogen) atoms. The monoisotopic (exact) mass is 868 g/mol. The Bertz CT molecular complexity index is 2990. The van der Waals surface area contributed by atoms with E-state index in [1.54, 1.807) is 47.8 Å². The first-order chi connectivity index (χ1) is 32.0. The molecule has 15 rings (SSSR count). The van der Waals surface area contributed by atoms with Gasteiger partial charge in [0.05, 0.1) is 5.56 Å². The van der Waals surface area contributed by atoms with Gasteiger partial charge in [0.25, 0.3) is 5.91 Å². The fourth-order valence-corrected chi connectivity index (χ4v) is 15.4. The number of amides is 1. The third-order valence-corrected chi connectivity index (χ3v) is 17.5. The van der Waals surface area contributed by atoms with Gasteiger partial charge in [-0.3, -0.25) is 9.78 Å². The smallest absolute Gasteiger partial charge is 0.335 e. The fourth-order valence-electron chi connectivity index (χ4n) is 15.4. The minimum absolute atomic E-state index is 0.106. The molecule has 0 spiro atoms. The summed E-state index contributed by atoms with van der Waals surface area (Å²) in [6, 6.07) is 42.2. The normalized spacial score (nSPS) is 27.7. The highest BCUT2D eigenvalue weighted by Crippen LogP contribution is 2.62. The lowest BCUT2D eigenvalue weighted by molar-refractivity contribution is -0.00557. The van der Waals surface area contributed by atoms with Crippen molar-refractivity contribution in [3.05, 3.63) is 167 Å². The van der Waals surface area contributed by atoms with Gasteiger partial charge in [-0.1, -0.05) is 72.8 Å². The van der Waals surface area contributed by atoms with E-state index in [1.165, 1.54) is 110 Å². The van der Waals surface area contributed by atoms with Crippen molar-refractivity contribution < 1.29 is 14.7 Å². The Labute approximate surface area is 389 Å². The molecule has 0 atom stereocenters. The number of fused-ring (bicyclic) bond motifs is 2. The lowest BCUT2D eigenvalue weighted by atomic mass is 9.47. The number of carboxylic acid groups (broad SMARTS) is 1. The SMILES string of the molecule is Cc1ccc(-c2ccc3cc(C(=O)Nc4ccncc4)ccc3c2)cc1C12CC3CC(CC(C3)C1)C2.Cc1ccc(-c2ccc3cc(C(=O)O)ccc3c2)cc1C12CC3CC(CC(C3)C1)C2. The molecule has 8 fully saturated rings. The molecule has 1 amide bonds. The summed E-state index contributed by atoms with van der Waals surface area (Å²) in [6.07, 6.45) is 20.6. The van der Waals surface area contributed by atoms with Crippen LogP contribution in [-0.4, -0.2) is 22.0 Å². The zero-order valence-corrected chi connectivity index (χ0v) is 38.4. The van der Waals surface area contributed by atoms with Gasteiger partial charge >= 0.3 is 5.97 Å². The van der Waals surface area contributed by atoms with Gasteiger partial charge in [-0.2, -0.15) is 0 Å². The van der Waals surface area contributed by atoms with Crippen molar-refractivity contribution in [3.63, 3.8) is 0 Å². The first kappa shape index (κ1) is 41.4. The highest BCUT2D eigenvalue weighted by molar-refractivity contribution is 6.06. The molecule has 6 aromatic carbocycles. The van der Waals surface area contributed by atoms with E-state index < -0.39 is 5.97 Å². The summed E-state index contributed by atoms with van der Waals surface area (Å²) in [6.45, 7) is 4.61. The van der Waals surface area contributed by atoms with Crippen molar-refractivity contribution in [2.24, 2.45) is 35.5 Å². The Kier molecular flexibility index (Phi) is 10.1. The minimum Gasteiger partial charge on any atom is -0.478 e. The van der Waals surface area contributed by atoms with Crippen LogP contribution in [0.4, 0.5) is 5.69 Å². The average Bonchev–Trinajstić information content (AvgIpc) is 3.31. The Morgan fingerprint density at radius 3 is 1.27 bits per heavy atom. The molecule has 8 aliphatic carbocycles. The first-order valence-corrected chi connectivity index (χ1v) is 24.8. The topological polar surface area (TPSA) is 79.3 Å². The Hall–Kier alpha value is -6.07. The van der Waals surface area contributed by atoms with Gasteiger partial charge < -0.3 is 10.4 Å². The van der Waals surface area contributed by atoms with E-state index in [-0.39, 0.29) is 5.91 Å². The average molecular weight is 869 g/mol. The van der Waals surface area contributed by atoms with Crippen molar-refractivity contribution >= 4 is 39.1 Å². The second-order valence-electron chi connectivity index (χ2n) is 22.0. The molecule has 2 N–H and O–H groups in total. The number of hydrogen-bond acceptors (Lipinski definition) is 3. The number of carbonyl (C=O) groups excluding carboxylic acids is 1. The number of aryl methyl sites for hydroxylation is 2. The summed E-state index contributed by atoms with van der Waals surface area (Å²) < 4.78 is 0. The van der Waals surface area contributed by atoms with Crippen molar-refractivity contribution in [2.45, 2.75) is 102 Å². The quantitative estimate of drug-likeness (QED) is 0.167. The maximum Gasteiger partial charge on any atom is 0.335 e. The molecule has 8 bridgehead atoms. The molecular weight excluding hydrogens is 809 g/mol. The van der Waals surface area contributed by atoms with Crippen LogP contribution in [0.2, 0.25) is 0 Å². The van der Waals surface area contributed by atoms with Crippen LogP contribution >= 0.6 is 0 Å². The van der Waals surface area contributed by atoms with Crippen LogP contribution < -0.4 is 5.32 Å². The van der Waals surface area contributed by atoms with Gasteiger partial charge in [-0.15, -0.1) is 0 Å². The van der Waals surface area contributed by atoms with Crippen LogP contribution in [0.5, 0.6) is 0 Å². The number of benzene rings is 6. The number of aromatic carboxylic acids is 1. The van der Waals surface area contributed by atoms with Crippen LogP contribution in [0.25, 0.3) is 43.8 Å². The summed E-state index contributed by atoms with van der Waals surface area (Å²) >= 11 is 0. The molecule has 5 nitrogen and oxygen atoms in total. The van der Waals surface area contributed by atoms with Gasteiger partial charge in [-0.25, -0.2) is 4.79 Å². The molecule has 8 aliphatic rings. The van der Waals surface area contributed by atoms with E-state index in [0.29, 0.717) is 22.0 Å². The molecular formula is C61H60N2O3. The largest absolute Gasteiger partial charge is 0.478 e. The van der Waals surface area contributed by atoms with E-state index in [1.807, 2.05) is 18.2 Å². The maximum atomic E-state index is 12.7. The fraction of sp³-hybridized carbons (Fsp3) is 0.361. The Morgan fingerprint density at radius 1 is 0.470 bits per heavy atom. The van der Waals surface area contributed by atoms with E-state index in [9.17, 15) is 14.7 Å². The van der Waals surface area contributed by atoms with Crippen molar-refractivity contribution in [1.82, 2.24) is 4.98 Å². The van der Waals surface area contributed by atoms with Gasteiger partial charge in [0, 0.05) is 23.6 Å². The van der Waals surface area contributed by atoms with E-state index >= 15 is 0 Å². The predicted molar refractivity (Wildman–Crippen MR) is 267 cm³/mol. The number of rotatable bonds is 7. The summed E-state index contributed by atoms with van der Waals surface area (Å²) in [5.74, 6) is 4.71. The maximum absolute atomic E-state index is 12.7. The second kappa shape index (κ2) is 16.1. The van der Waals surface area contributed by atoms with E-state index in [2.05, 4.69) is 103 Å². The molecule has 1 heterocycles. The molecule has 0 saturated heterocycles. The molecule has 0 unspecified atom stereocenters. The van der Waals surface area contributed by atoms with Gasteiger partial charge in [0.2, 0.25) is 0 Å². The molecule has 332 valence electrons. The summed E-state index contributed by atoms with van der Waals surface area (Å²) in [5, 5.41) is 16.5. The van der Waals surface area contributed by atoms with Crippen molar-refractivity contribution in [3.8, 4) is 22.3 Å². The second-order valence-corrected chi connectivity index (χ2v) is 22.0. The van der Waals surface area contributed by atoms with Crippen LogP contribution in [0.1, 0.15) is 120 Å². The number of pyridine rings is 1. The molecule has 8 saturated carbocycles. The third kappa shape index (κ3) is 7.53. The number of aromatic nitrogens is 1. The number of nitrogens with one attached hydrogen (secondary N) is 1. The number of nitrogens with zero attached hydrogens (tertiary/aromatic N) is 1. The predicted octanol–water partition coefficient (Wildman–Crippen LogP) is 14.9. The first-order valence-electron chi connectivity index (χ1n) is 24.8. The summed E-state index contributed by atoms with van der Waals surface area (Å²) in [5.41, 5.74) is 13.8. The summed E-state index contributed by atoms with van der Waals surface area (Å²) in [4.78, 5) is 28.0. The van der Waals surface area contributed by atoms with E-state index in [0.717, 1.165) is 62.7 Å². The van der Waals surface area contributed by atoms with Crippen LogP contribution in [0.15, 0.2) is 134 Å². The molecule has 0 aliphatic heterocycles. The lowest BCUT2D eigenvalue weighted by Crippen LogP contribution is -2.48. The molecule has 7 aromatic rings. The zero-order valence-electron chi connectivity index (χ0n) is 38.4. The zero-order chi connectivity index (χ0) is 44.7. The molecule has 0 radical (unpaired) electrons.